The number of likely N-dealkylation sites (tertiary alicyclic amines) is 1. The molecule has 1 aliphatic rings. The van der Waals surface area contributed by atoms with Crippen LogP contribution in [0.4, 0.5) is 0 Å². The first kappa shape index (κ1) is 7.76. The molecule has 1 aromatic heterocycles. The van der Waals surface area contributed by atoms with Crippen LogP contribution in [0.1, 0.15) is 9.67 Å². The fraction of sp³-hybridized carbons (Fsp3) is 0.375. The minimum absolute atomic E-state index is 0.117. The van der Waals surface area contributed by atoms with Crippen LogP contribution in [0.5, 0.6) is 0 Å². The van der Waals surface area contributed by atoms with Crippen molar-refractivity contribution in [1.29, 1.82) is 0 Å². The molecular weight excluding hydrogens is 172 g/mol. The van der Waals surface area contributed by atoms with Crippen LogP contribution in [0, 0.1) is 0 Å². The highest BCUT2D eigenvalue weighted by Gasteiger charge is 2.28. The van der Waals surface area contributed by atoms with E-state index in [4.69, 9.17) is 5.73 Å². The second-order valence-electron chi connectivity index (χ2n) is 2.95. The molecule has 2 heterocycles. The molecule has 0 spiro atoms. The van der Waals surface area contributed by atoms with Crippen LogP contribution in [-0.2, 0) is 0 Å². The Morgan fingerprint density at radius 3 is 2.92 bits per heavy atom. The lowest BCUT2D eigenvalue weighted by Crippen LogP contribution is -2.57. The Hall–Kier alpha value is -0.870. The maximum atomic E-state index is 11.5. The van der Waals surface area contributed by atoms with Gasteiger partial charge in [-0.25, -0.2) is 0 Å². The van der Waals surface area contributed by atoms with Crippen LogP contribution >= 0.6 is 11.3 Å². The Labute approximate surface area is 74.8 Å². The molecule has 1 aliphatic heterocycles. The van der Waals surface area contributed by atoms with Gasteiger partial charge in [-0.3, -0.25) is 4.79 Å². The predicted molar refractivity (Wildman–Crippen MR) is 48.2 cm³/mol. The minimum Gasteiger partial charge on any atom is -0.335 e. The number of carbonyl (C=O) groups excluding carboxylic acids is 1. The average molecular weight is 182 g/mol. The maximum Gasteiger partial charge on any atom is 0.264 e. The third-order valence-corrected chi connectivity index (χ3v) is 2.79. The van der Waals surface area contributed by atoms with Gasteiger partial charge in [0.1, 0.15) is 0 Å². The summed E-state index contributed by atoms with van der Waals surface area (Å²) in [5, 5.41) is 1.91. The number of carbonyl (C=O) groups is 1. The molecule has 12 heavy (non-hydrogen) atoms. The van der Waals surface area contributed by atoms with E-state index in [-0.39, 0.29) is 11.9 Å². The van der Waals surface area contributed by atoms with Crippen LogP contribution in [0.2, 0.25) is 0 Å². The summed E-state index contributed by atoms with van der Waals surface area (Å²) in [5.74, 6) is 0.117. The van der Waals surface area contributed by atoms with Crippen LogP contribution in [0.25, 0.3) is 0 Å². The van der Waals surface area contributed by atoms with Gasteiger partial charge in [-0.15, -0.1) is 11.3 Å². The van der Waals surface area contributed by atoms with Gasteiger partial charge in [0, 0.05) is 19.1 Å². The van der Waals surface area contributed by atoms with E-state index >= 15 is 0 Å². The van der Waals surface area contributed by atoms with Crippen molar-refractivity contribution < 1.29 is 4.79 Å². The SMILES string of the molecule is NC1CN(C(=O)c2cccs2)C1. The van der Waals surface area contributed by atoms with Gasteiger partial charge >= 0.3 is 0 Å². The molecule has 1 aromatic rings. The lowest BCUT2D eigenvalue weighted by Gasteiger charge is -2.36. The Kier molecular flexibility index (Phi) is 1.86. The summed E-state index contributed by atoms with van der Waals surface area (Å²) in [5.41, 5.74) is 5.57. The number of nitrogens with zero attached hydrogens (tertiary/aromatic N) is 1. The van der Waals surface area contributed by atoms with Crippen molar-refractivity contribution in [1.82, 2.24) is 4.90 Å². The summed E-state index contributed by atoms with van der Waals surface area (Å²) < 4.78 is 0. The van der Waals surface area contributed by atoms with Gasteiger partial charge in [0.05, 0.1) is 4.88 Å². The average Bonchev–Trinajstić information content (AvgIpc) is 2.49. The van der Waals surface area contributed by atoms with Gasteiger partial charge in [0.15, 0.2) is 0 Å². The largest absolute Gasteiger partial charge is 0.335 e. The number of nitrogens with two attached hydrogens (primary N) is 1. The molecule has 3 nitrogen and oxygen atoms in total. The van der Waals surface area contributed by atoms with Crippen LogP contribution in [-0.4, -0.2) is 29.9 Å². The van der Waals surface area contributed by atoms with Crippen molar-refractivity contribution in [3.05, 3.63) is 22.4 Å². The molecule has 0 bridgehead atoms. The van der Waals surface area contributed by atoms with Crippen molar-refractivity contribution in [2.24, 2.45) is 5.73 Å². The van der Waals surface area contributed by atoms with E-state index in [0.29, 0.717) is 13.1 Å². The van der Waals surface area contributed by atoms with Gasteiger partial charge < -0.3 is 10.6 Å². The molecular formula is C8H10N2OS. The lowest BCUT2D eigenvalue weighted by atomic mass is 10.1. The highest BCUT2D eigenvalue weighted by atomic mass is 32.1. The number of hydrogen-bond acceptors (Lipinski definition) is 3. The second-order valence-corrected chi connectivity index (χ2v) is 3.90. The van der Waals surface area contributed by atoms with Gasteiger partial charge in [-0.1, -0.05) is 6.07 Å². The van der Waals surface area contributed by atoms with E-state index in [9.17, 15) is 4.79 Å². The molecule has 0 saturated carbocycles. The Bertz CT molecular complexity index is 277. The Balaban J connectivity index is 2.03. The molecule has 2 N–H and O–H groups in total. The molecule has 4 heteroatoms. The van der Waals surface area contributed by atoms with Crippen LogP contribution in [0.15, 0.2) is 17.5 Å². The van der Waals surface area contributed by atoms with E-state index in [2.05, 4.69) is 0 Å². The Morgan fingerprint density at radius 1 is 1.67 bits per heavy atom. The van der Waals surface area contributed by atoms with Crippen LogP contribution in [0.3, 0.4) is 0 Å². The van der Waals surface area contributed by atoms with Crippen molar-refractivity contribution in [2.45, 2.75) is 6.04 Å². The second kappa shape index (κ2) is 2.88. The highest BCUT2D eigenvalue weighted by molar-refractivity contribution is 7.12. The van der Waals surface area contributed by atoms with Gasteiger partial charge in [0.2, 0.25) is 0 Å². The molecule has 64 valence electrons. The van der Waals surface area contributed by atoms with Crippen molar-refractivity contribution in [3.8, 4) is 0 Å². The molecule has 0 aromatic carbocycles. The zero-order valence-corrected chi connectivity index (χ0v) is 7.38. The zero-order chi connectivity index (χ0) is 8.55. The van der Waals surface area contributed by atoms with Gasteiger partial charge in [-0.05, 0) is 11.4 Å². The molecule has 0 atom stereocenters. The minimum atomic E-state index is 0.117. The number of rotatable bonds is 1. The quantitative estimate of drug-likeness (QED) is 0.688. The molecule has 0 aliphatic carbocycles. The Morgan fingerprint density at radius 2 is 2.42 bits per heavy atom. The predicted octanol–water partition coefficient (Wildman–Crippen LogP) is 0.531. The molecule has 0 radical (unpaired) electrons. The summed E-state index contributed by atoms with van der Waals surface area (Å²) >= 11 is 1.48. The van der Waals surface area contributed by atoms with E-state index < -0.39 is 0 Å². The lowest BCUT2D eigenvalue weighted by molar-refractivity contribution is 0.0613. The zero-order valence-electron chi connectivity index (χ0n) is 6.56. The fourth-order valence-electron chi connectivity index (χ4n) is 1.23. The summed E-state index contributed by atoms with van der Waals surface area (Å²) in [7, 11) is 0. The number of hydrogen-bond donors (Lipinski definition) is 1. The highest BCUT2D eigenvalue weighted by Crippen LogP contribution is 2.15. The first-order valence-corrected chi connectivity index (χ1v) is 4.73. The number of thiophene rings is 1. The van der Waals surface area contributed by atoms with Crippen molar-refractivity contribution in [3.63, 3.8) is 0 Å². The third-order valence-electron chi connectivity index (χ3n) is 1.93. The molecule has 1 amide bonds. The van der Waals surface area contributed by atoms with E-state index in [1.807, 2.05) is 17.5 Å². The molecule has 2 rings (SSSR count). The fourth-order valence-corrected chi connectivity index (χ4v) is 1.93. The third kappa shape index (κ3) is 1.23. The smallest absolute Gasteiger partial charge is 0.264 e. The summed E-state index contributed by atoms with van der Waals surface area (Å²) in [6.45, 7) is 1.41. The van der Waals surface area contributed by atoms with Gasteiger partial charge in [0.25, 0.3) is 5.91 Å². The number of amides is 1. The summed E-state index contributed by atoms with van der Waals surface area (Å²) in [6, 6.07) is 3.92. The monoisotopic (exact) mass is 182 g/mol. The topological polar surface area (TPSA) is 46.3 Å². The maximum absolute atomic E-state index is 11.5. The van der Waals surface area contributed by atoms with Crippen LogP contribution < -0.4 is 5.73 Å². The van der Waals surface area contributed by atoms with Crippen molar-refractivity contribution >= 4 is 17.2 Å². The summed E-state index contributed by atoms with van der Waals surface area (Å²) in [6.07, 6.45) is 0. The first-order chi connectivity index (χ1) is 5.77. The first-order valence-electron chi connectivity index (χ1n) is 3.86. The van der Waals surface area contributed by atoms with E-state index in [0.717, 1.165) is 4.88 Å². The van der Waals surface area contributed by atoms with E-state index in [1.54, 1.807) is 4.90 Å². The molecule has 1 saturated heterocycles. The molecule has 0 unspecified atom stereocenters. The molecule has 1 fully saturated rings. The summed E-state index contributed by atoms with van der Waals surface area (Å²) in [4.78, 5) is 14.1. The van der Waals surface area contributed by atoms with Crippen molar-refractivity contribution in [2.75, 3.05) is 13.1 Å². The standard InChI is InChI=1S/C8H10N2OS/c9-6-4-10(5-6)8(11)7-2-1-3-12-7/h1-3,6H,4-5,9H2. The normalized spacial score (nSPS) is 17.6. The van der Waals surface area contributed by atoms with Gasteiger partial charge in [-0.2, -0.15) is 0 Å². The van der Waals surface area contributed by atoms with E-state index in [1.165, 1.54) is 11.3 Å².